The van der Waals surface area contributed by atoms with Crippen molar-refractivity contribution in [2.45, 2.75) is 19.4 Å². The first-order chi connectivity index (χ1) is 4.33. The van der Waals surface area contributed by atoms with Crippen molar-refractivity contribution in [2.24, 2.45) is 11.8 Å². The molecule has 0 bridgehead atoms. The van der Waals surface area contributed by atoms with E-state index in [1.807, 2.05) is 0 Å². The summed E-state index contributed by atoms with van der Waals surface area (Å²) < 4.78 is 5.36. The van der Waals surface area contributed by atoms with Crippen LogP contribution in [-0.2, 0) is 4.74 Å². The van der Waals surface area contributed by atoms with Gasteiger partial charge in [-0.05, 0) is 12.3 Å². The van der Waals surface area contributed by atoms with Crippen molar-refractivity contribution in [2.75, 3.05) is 13.2 Å². The van der Waals surface area contributed by atoms with Crippen molar-refractivity contribution in [1.29, 1.82) is 0 Å². The highest BCUT2D eigenvalue weighted by molar-refractivity contribution is 4.70. The molecule has 1 aliphatic rings. The summed E-state index contributed by atoms with van der Waals surface area (Å²) in [5.41, 5.74) is 2.61. The Morgan fingerprint density at radius 3 is 3.00 bits per heavy atom. The second-order valence-corrected chi connectivity index (χ2v) is 2.70. The molecule has 1 heterocycles. The van der Waals surface area contributed by atoms with E-state index in [-0.39, 0.29) is 0 Å². The van der Waals surface area contributed by atoms with Gasteiger partial charge >= 0.3 is 0 Å². The van der Waals surface area contributed by atoms with Crippen LogP contribution in [0.1, 0.15) is 13.3 Å². The third-order valence-corrected chi connectivity index (χ3v) is 1.63. The van der Waals surface area contributed by atoms with Gasteiger partial charge in [0.15, 0.2) is 0 Å². The Hall–Kier alpha value is -0.120. The molecule has 3 heteroatoms. The van der Waals surface area contributed by atoms with E-state index >= 15 is 0 Å². The SMILES string of the molecule is C[C@@H]1CO[C@@H](CNN)C1. The number of nitrogens with two attached hydrogens (primary N) is 1. The molecule has 0 aliphatic carbocycles. The second kappa shape index (κ2) is 3.15. The van der Waals surface area contributed by atoms with Crippen molar-refractivity contribution >= 4 is 0 Å². The van der Waals surface area contributed by atoms with Gasteiger partial charge in [-0.3, -0.25) is 11.3 Å². The highest BCUT2D eigenvalue weighted by atomic mass is 16.5. The molecule has 54 valence electrons. The molecule has 1 fully saturated rings. The second-order valence-electron chi connectivity index (χ2n) is 2.70. The third-order valence-electron chi connectivity index (χ3n) is 1.63. The maximum atomic E-state index is 5.36. The lowest BCUT2D eigenvalue weighted by molar-refractivity contribution is 0.107. The molecule has 2 atom stereocenters. The fourth-order valence-electron chi connectivity index (χ4n) is 1.16. The molecule has 0 spiro atoms. The molecule has 0 aromatic carbocycles. The molecule has 1 saturated heterocycles. The highest BCUT2D eigenvalue weighted by Crippen LogP contribution is 2.17. The van der Waals surface area contributed by atoms with Gasteiger partial charge in [-0.2, -0.15) is 0 Å². The molecule has 0 aromatic rings. The molecule has 9 heavy (non-hydrogen) atoms. The van der Waals surface area contributed by atoms with Crippen LogP contribution in [0.2, 0.25) is 0 Å². The van der Waals surface area contributed by atoms with Crippen LogP contribution in [0.3, 0.4) is 0 Å². The molecule has 0 unspecified atom stereocenters. The summed E-state index contributed by atoms with van der Waals surface area (Å²) in [7, 11) is 0. The summed E-state index contributed by atoms with van der Waals surface area (Å²) >= 11 is 0. The van der Waals surface area contributed by atoms with Crippen LogP contribution in [0.4, 0.5) is 0 Å². The van der Waals surface area contributed by atoms with Crippen LogP contribution in [-0.4, -0.2) is 19.3 Å². The number of ether oxygens (including phenoxy) is 1. The smallest absolute Gasteiger partial charge is 0.0716 e. The molecule has 0 aromatic heterocycles. The lowest BCUT2D eigenvalue weighted by Crippen LogP contribution is -2.31. The van der Waals surface area contributed by atoms with Crippen molar-refractivity contribution in [3.8, 4) is 0 Å². The van der Waals surface area contributed by atoms with Gasteiger partial charge in [-0.1, -0.05) is 6.92 Å². The number of hydrogen-bond donors (Lipinski definition) is 2. The monoisotopic (exact) mass is 130 g/mol. The first-order valence-corrected chi connectivity index (χ1v) is 3.38. The zero-order chi connectivity index (χ0) is 6.69. The first kappa shape index (κ1) is 6.99. The zero-order valence-electron chi connectivity index (χ0n) is 5.76. The lowest BCUT2D eigenvalue weighted by Gasteiger charge is -2.05. The Balaban J connectivity index is 2.14. The Morgan fingerprint density at radius 2 is 2.56 bits per heavy atom. The summed E-state index contributed by atoms with van der Waals surface area (Å²) in [5, 5.41) is 0. The molecule has 1 aliphatic heterocycles. The minimum absolute atomic E-state index is 0.352. The van der Waals surface area contributed by atoms with E-state index in [2.05, 4.69) is 12.3 Å². The molecule has 0 amide bonds. The van der Waals surface area contributed by atoms with E-state index in [4.69, 9.17) is 10.6 Å². The number of hydrogen-bond acceptors (Lipinski definition) is 3. The van der Waals surface area contributed by atoms with Crippen LogP contribution in [0.25, 0.3) is 0 Å². The van der Waals surface area contributed by atoms with E-state index in [1.165, 1.54) is 0 Å². The standard InChI is InChI=1S/C6H14N2O/c1-5-2-6(3-8-7)9-4-5/h5-6,8H,2-4,7H2,1H3/t5-,6+/m0/s1. The predicted octanol–water partition coefficient (Wildman–Crippen LogP) is -0.125. The minimum atomic E-state index is 0.352. The molecule has 0 radical (unpaired) electrons. The van der Waals surface area contributed by atoms with E-state index in [0.717, 1.165) is 19.6 Å². The molecule has 3 nitrogen and oxygen atoms in total. The van der Waals surface area contributed by atoms with Crippen LogP contribution < -0.4 is 11.3 Å². The molecular formula is C6H14N2O. The topological polar surface area (TPSA) is 47.3 Å². The minimum Gasteiger partial charge on any atom is -0.377 e. The van der Waals surface area contributed by atoms with Crippen molar-refractivity contribution in [3.63, 3.8) is 0 Å². The third kappa shape index (κ3) is 1.93. The largest absolute Gasteiger partial charge is 0.377 e. The van der Waals surface area contributed by atoms with Crippen LogP contribution in [0, 0.1) is 5.92 Å². The van der Waals surface area contributed by atoms with Gasteiger partial charge in [-0.25, -0.2) is 0 Å². The average Bonchev–Trinajstić information content (AvgIpc) is 2.17. The zero-order valence-corrected chi connectivity index (χ0v) is 5.76. The molecule has 1 rings (SSSR count). The van der Waals surface area contributed by atoms with Crippen molar-refractivity contribution in [1.82, 2.24) is 5.43 Å². The fraction of sp³-hybridized carbons (Fsp3) is 1.00. The summed E-state index contributed by atoms with van der Waals surface area (Å²) in [5.74, 6) is 5.84. The number of hydrazine groups is 1. The van der Waals surface area contributed by atoms with Crippen molar-refractivity contribution < 1.29 is 4.74 Å². The van der Waals surface area contributed by atoms with E-state index in [1.54, 1.807) is 0 Å². The maximum absolute atomic E-state index is 5.36. The summed E-state index contributed by atoms with van der Waals surface area (Å²) in [6, 6.07) is 0. The number of rotatable bonds is 2. The van der Waals surface area contributed by atoms with Crippen molar-refractivity contribution in [3.05, 3.63) is 0 Å². The lowest BCUT2D eigenvalue weighted by atomic mass is 10.1. The van der Waals surface area contributed by atoms with E-state index < -0.39 is 0 Å². The summed E-state index contributed by atoms with van der Waals surface area (Å²) in [6.07, 6.45) is 1.49. The first-order valence-electron chi connectivity index (χ1n) is 3.38. The van der Waals surface area contributed by atoms with Crippen LogP contribution >= 0.6 is 0 Å². The van der Waals surface area contributed by atoms with Crippen LogP contribution in [0.5, 0.6) is 0 Å². The molecule has 0 saturated carbocycles. The Bertz CT molecular complexity index is 85.1. The van der Waals surface area contributed by atoms with Gasteiger partial charge in [-0.15, -0.1) is 0 Å². The predicted molar refractivity (Wildman–Crippen MR) is 35.7 cm³/mol. The van der Waals surface area contributed by atoms with Gasteiger partial charge in [0, 0.05) is 13.2 Å². The highest BCUT2D eigenvalue weighted by Gasteiger charge is 2.20. The Labute approximate surface area is 55.5 Å². The van der Waals surface area contributed by atoms with E-state index in [0.29, 0.717) is 12.0 Å². The fourth-order valence-corrected chi connectivity index (χ4v) is 1.16. The summed E-state index contributed by atoms with van der Waals surface area (Å²) in [6.45, 7) is 3.87. The molecule has 3 N–H and O–H groups in total. The quantitative estimate of drug-likeness (QED) is 0.404. The van der Waals surface area contributed by atoms with E-state index in [9.17, 15) is 0 Å². The molecular weight excluding hydrogens is 116 g/mol. The van der Waals surface area contributed by atoms with Gasteiger partial charge < -0.3 is 4.74 Å². The van der Waals surface area contributed by atoms with Gasteiger partial charge in [0.2, 0.25) is 0 Å². The van der Waals surface area contributed by atoms with Gasteiger partial charge in [0.1, 0.15) is 0 Å². The van der Waals surface area contributed by atoms with Gasteiger partial charge in [0.05, 0.1) is 6.10 Å². The van der Waals surface area contributed by atoms with Crippen LogP contribution in [0.15, 0.2) is 0 Å². The summed E-state index contributed by atoms with van der Waals surface area (Å²) in [4.78, 5) is 0. The van der Waals surface area contributed by atoms with Gasteiger partial charge in [0.25, 0.3) is 0 Å². The normalized spacial score (nSPS) is 35.3. The maximum Gasteiger partial charge on any atom is 0.0716 e. The number of nitrogens with one attached hydrogen (secondary N) is 1. The Kier molecular flexibility index (Phi) is 2.45. The average molecular weight is 130 g/mol. The Morgan fingerprint density at radius 1 is 1.78 bits per heavy atom.